The van der Waals surface area contributed by atoms with Gasteiger partial charge in [-0.05, 0) is 36.8 Å². The van der Waals surface area contributed by atoms with Gasteiger partial charge in [0.15, 0.2) is 0 Å². The molecule has 94 valence electrons. The van der Waals surface area contributed by atoms with E-state index in [1.165, 1.54) is 6.07 Å². The minimum atomic E-state index is -0.560. The lowest BCUT2D eigenvalue weighted by Gasteiger charge is -2.07. The summed E-state index contributed by atoms with van der Waals surface area (Å²) in [5.41, 5.74) is 0. The zero-order valence-electron chi connectivity index (χ0n) is 10.1. The topological polar surface area (TPSA) is 31.4 Å². The number of pyridine rings is 1. The predicted octanol–water partition coefficient (Wildman–Crippen LogP) is 3.80. The second kappa shape index (κ2) is 6.00. The fourth-order valence-electron chi connectivity index (χ4n) is 1.39. The van der Waals surface area contributed by atoms with Crippen LogP contribution in [0.15, 0.2) is 42.5 Å². The SMILES string of the molecule is CCCOc1ccc(Oc2cccc(F)n2)cc1. The Morgan fingerprint density at radius 2 is 1.78 bits per heavy atom. The van der Waals surface area contributed by atoms with Gasteiger partial charge < -0.3 is 9.47 Å². The first kappa shape index (κ1) is 12.4. The quantitative estimate of drug-likeness (QED) is 0.753. The summed E-state index contributed by atoms with van der Waals surface area (Å²) < 4.78 is 23.7. The van der Waals surface area contributed by atoms with E-state index in [0.717, 1.165) is 12.2 Å². The van der Waals surface area contributed by atoms with Gasteiger partial charge in [-0.1, -0.05) is 13.0 Å². The molecule has 0 aliphatic carbocycles. The van der Waals surface area contributed by atoms with Crippen molar-refractivity contribution in [1.29, 1.82) is 0 Å². The average molecular weight is 247 g/mol. The molecule has 0 aliphatic heterocycles. The number of halogens is 1. The van der Waals surface area contributed by atoms with Crippen molar-refractivity contribution in [2.45, 2.75) is 13.3 Å². The van der Waals surface area contributed by atoms with Crippen LogP contribution in [0.1, 0.15) is 13.3 Å². The molecule has 0 amide bonds. The molecule has 2 rings (SSSR count). The molecular weight excluding hydrogens is 233 g/mol. The molecule has 1 aromatic carbocycles. The molecule has 0 fully saturated rings. The van der Waals surface area contributed by atoms with E-state index >= 15 is 0 Å². The van der Waals surface area contributed by atoms with Crippen LogP contribution in [-0.4, -0.2) is 11.6 Å². The second-order valence-corrected chi connectivity index (χ2v) is 3.72. The molecule has 0 N–H and O–H groups in total. The van der Waals surface area contributed by atoms with Crippen LogP contribution >= 0.6 is 0 Å². The molecule has 0 unspecified atom stereocenters. The highest BCUT2D eigenvalue weighted by atomic mass is 19.1. The van der Waals surface area contributed by atoms with Crippen LogP contribution < -0.4 is 9.47 Å². The number of aromatic nitrogens is 1. The Bertz CT molecular complexity index is 499. The lowest BCUT2D eigenvalue weighted by atomic mass is 10.3. The van der Waals surface area contributed by atoms with Gasteiger partial charge in [-0.25, -0.2) is 0 Å². The van der Waals surface area contributed by atoms with Crippen molar-refractivity contribution in [2.24, 2.45) is 0 Å². The van der Waals surface area contributed by atoms with Crippen LogP contribution in [-0.2, 0) is 0 Å². The van der Waals surface area contributed by atoms with Crippen molar-refractivity contribution in [3.63, 3.8) is 0 Å². The van der Waals surface area contributed by atoms with Gasteiger partial charge in [-0.2, -0.15) is 9.37 Å². The molecular formula is C14H14FNO2. The normalized spacial score (nSPS) is 10.1. The van der Waals surface area contributed by atoms with Crippen molar-refractivity contribution in [3.8, 4) is 17.4 Å². The van der Waals surface area contributed by atoms with Crippen molar-refractivity contribution in [3.05, 3.63) is 48.4 Å². The van der Waals surface area contributed by atoms with Crippen LogP contribution in [0.25, 0.3) is 0 Å². The molecule has 4 heteroatoms. The maximum Gasteiger partial charge on any atom is 0.221 e. The minimum absolute atomic E-state index is 0.234. The number of hydrogen-bond donors (Lipinski definition) is 0. The molecule has 1 heterocycles. The number of nitrogens with zero attached hydrogens (tertiary/aromatic N) is 1. The molecule has 3 nitrogen and oxygen atoms in total. The van der Waals surface area contributed by atoms with Gasteiger partial charge in [0.1, 0.15) is 11.5 Å². The summed E-state index contributed by atoms with van der Waals surface area (Å²) in [6.07, 6.45) is 0.964. The van der Waals surface area contributed by atoms with Gasteiger partial charge in [0, 0.05) is 6.07 Å². The summed E-state index contributed by atoms with van der Waals surface area (Å²) in [5.74, 6) is 1.06. The highest BCUT2D eigenvalue weighted by Crippen LogP contribution is 2.22. The van der Waals surface area contributed by atoms with Crippen LogP contribution in [0, 0.1) is 5.95 Å². The minimum Gasteiger partial charge on any atom is -0.494 e. The van der Waals surface area contributed by atoms with E-state index < -0.39 is 5.95 Å². The first-order valence-corrected chi connectivity index (χ1v) is 5.81. The highest BCUT2D eigenvalue weighted by Gasteiger charge is 2.00. The first-order chi connectivity index (χ1) is 8.78. The zero-order valence-corrected chi connectivity index (χ0v) is 10.1. The first-order valence-electron chi connectivity index (χ1n) is 5.81. The van der Waals surface area contributed by atoms with E-state index in [1.54, 1.807) is 24.3 Å². The molecule has 0 saturated heterocycles. The van der Waals surface area contributed by atoms with E-state index in [-0.39, 0.29) is 5.88 Å². The van der Waals surface area contributed by atoms with Crippen LogP contribution in [0.3, 0.4) is 0 Å². The zero-order chi connectivity index (χ0) is 12.8. The van der Waals surface area contributed by atoms with Crippen molar-refractivity contribution in [1.82, 2.24) is 4.98 Å². The predicted molar refractivity (Wildman–Crippen MR) is 66.5 cm³/mol. The largest absolute Gasteiger partial charge is 0.494 e. The Kier molecular flexibility index (Phi) is 4.12. The van der Waals surface area contributed by atoms with Crippen molar-refractivity contribution < 1.29 is 13.9 Å². The third kappa shape index (κ3) is 3.45. The molecule has 0 bridgehead atoms. The molecule has 0 saturated carbocycles. The number of hydrogen-bond acceptors (Lipinski definition) is 3. The van der Waals surface area contributed by atoms with Gasteiger partial charge in [-0.15, -0.1) is 0 Å². The number of ether oxygens (including phenoxy) is 2. The van der Waals surface area contributed by atoms with E-state index in [4.69, 9.17) is 9.47 Å². The Hall–Kier alpha value is -2.10. The number of benzene rings is 1. The maximum atomic E-state index is 12.9. The highest BCUT2D eigenvalue weighted by molar-refractivity contribution is 5.33. The molecule has 0 aliphatic rings. The fraction of sp³-hybridized carbons (Fsp3) is 0.214. The Labute approximate surface area is 105 Å². The summed E-state index contributed by atoms with van der Waals surface area (Å²) in [5, 5.41) is 0. The molecule has 1 aromatic heterocycles. The third-order valence-electron chi connectivity index (χ3n) is 2.21. The van der Waals surface area contributed by atoms with E-state index in [2.05, 4.69) is 4.98 Å². The smallest absolute Gasteiger partial charge is 0.221 e. The molecule has 0 spiro atoms. The Morgan fingerprint density at radius 1 is 1.06 bits per heavy atom. The summed E-state index contributed by atoms with van der Waals surface area (Å²) in [6, 6.07) is 11.6. The summed E-state index contributed by atoms with van der Waals surface area (Å²) in [4.78, 5) is 3.62. The van der Waals surface area contributed by atoms with Crippen molar-refractivity contribution in [2.75, 3.05) is 6.61 Å². The van der Waals surface area contributed by atoms with E-state index in [0.29, 0.717) is 12.4 Å². The average Bonchev–Trinajstić information content (AvgIpc) is 2.38. The second-order valence-electron chi connectivity index (χ2n) is 3.72. The molecule has 18 heavy (non-hydrogen) atoms. The van der Waals surface area contributed by atoms with Gasteiger partial charge in [-0.3, -0.25) is 0 Å². The fourth-order valence-corrected chi connectivity index (χ4v) is 1.39. The van der Waals surface area contributed by atoms with Gasteiger partial charge >= 0.3 is 0 Å². The van der Waals surface area contributed by atoms with E-state index in [9.17, 15) is 4.39 Å². The van der Waals surface area contributed by atoms with Gasteiger partial charge in [0.2, 0.25) is 11.8 Å². The Balaban J connectivity index is 2.02. The standard InChI is InChI=1S/C14H14FNO2/c1-2-10-17-11-6-8-12(9-7-11)18-14-5-3-4-13(15)16-14/h3-9H,2,10H2,1H3. The summed E-state index contributed by atoms with van der Waals surface area (Å²) >= 11 is 0. The van der Waals surface area contributed by atoms with Crippen LogP contribution in [0.2, 0.25) is 0 Å². The molecule has 2 aromatic rings. The van der Waals surface area contributed by atoms with E-state index in [1.807, 2.05) is 19.1 Å². The number of rotatable bonds is 5. The van der Waals surface area contributed by atoms with Gasteiger partial charge in [0.05, 0.1) is 6.61 Å². The van der Waals surface area contributed by atoms with Crippen LogP contribution in [0.5, 0.6) is 17.4 Å². The Morgan fingerprint density at radius 3 is 2.44 bits per heavy atom. The summed E-state index contributed by atoms with van der Waals surface area (Å²) in [6.45, 7) is 2.73. The maximum absolute atomic E-state index is 12.9. The monoisotopic (exact) mass is 247 g/mol. The van der Waals surface area contributed by atoms with Gasteiger partial charge in [0.25, 0.3) is 0 Å². The van der Waals surface area contributed by atoms with Crippen LogP contribution in [0.4, 0.5) is 4.39 Å². The molecule has 0 radical (unpaired) electrons. The summed E-state index contributed by atoms with van der Waals surface area (Å²) in [7, 11) is 0. The molecule has 0 atom stereocenters. The lowest BCUT2D eigenvalue weighted by molar-refractivity contribution is 0.317. The lowest BCUT2D eigenvalue weighted by Crippen LogP contribution is -1.94. The van der Waals surface area contributed by atoms with Crippen molar-refractivity contribution >= 4 is 0 Å². The third-order valence-corrected chi connectivity index (χ3v) is 2.21.